The van der Waals surface area contributed by atoms with Crippen LogP contribution in [0, 0.1) is 0 Å². The third kappa shape index (κ3) is 3.20. The SMILES string of the molecule is O=c1c2cc(Cc3cccnc3)c3ccccc3c2ncn1[C@H]1COCCC1O. The van der Waals surface area contributed by atoms with E-state index in [1.54, 1.807) is 12.5 Å². The van der Waals surface area contributed by atoms with Gasteiger partial charge in [0.2, 0.25) is 0 Å². The van der Waals surface area contributed by atoms with Crippen molar-refractivity contribution in [2.75, 3.05) is 13.2 Å². The van der Waals surface area contributed by atoms with E-state index >= 15 is 0 Å². The van der Waals surface area contributed by atoms with Crippen molar-refractivity contribution in [2.24, 2.45) is 0 Å². The van der Waals surface area contributed by atoms with Crippen molar-refractivity contribution in [3.05, 3.63) is 82.7 Å². The van der Waals surface area contributed by atoms with Gasteiger partial charge in [0.15, 0.2) is 0 Å². The molecule has 1 unspecified atom stereocenters. The van der Waals surface area contributed by atoms with Gasteiger partial charge in [0.05, 0.1) is 36.0 Å². The highest BCUT2D eigenvalue weighted by Crippen LogP contribution is 2.28. The molecule has 3 heterocycles. The lowest BCUT2D eigenvalue weighted by atomic mass is 9.96. The van der Waals surface area contributed by atoms with Gasteiger partial charge in [0, 0.05) is 24.4 Å². The van der Waals surface area contributed by atoms with E-state index in [9.17, 15) is 9.90 Å². The van der Waals surface area contributed by atoms with Crippen LogP contribution in [0.1, 0.15) is 23.6 Å². The van der Waals surface area contributed by atoms with Crippen LogP contribution in [0.2, 0.25) is 0 Å². The molecule has 6 heteroatoms. The van der Waals surface area contributed by atoms with Gasteiger partial charge >= 0.3 is 0 Å². The van der Waals surface area contributed by atoms with Gasteiger partial charge in [0.25, 0.3) is 5.56 Å². The highest BCUT2D eigenvalue weighted by Gasteiger charge is 2.27. The first-order valence-electron chi connectivity index (χ1n) is 9.78. The first-order chi connectivity index (χ1) is 14.2. The van der Waals surface area contributed by atoms with Crippen molar-refractivity contribution in [1.82, 2.24) is 14.5 Å². The van der Waals surface area contributed by atoms with Crippen molar-refractivity contribution in [2.45, 2.75) is 25.0 Å². The minimum Gasteiger partial charge on any atom is -0.391 e. The average Bonchev–Trinajstić information content (AvgIpc) is 2.76. The van der Waals surface area contributed by atoms with E-state index in [0.717, 1.165) is 21.9 Å². The summed E-state index contributed by atoms with van der Waals surface area (Å²) in [6.07, 6.45) is 5.71. The Kier molecular flexibility index (Phi) is 4.58. The largest absolute Gasteiger partial charge is 0.391 e. The molecule has 1 N–H and O–H groups in total. The standard InChI is InChI=1S/C23H21N3O3/c27-21-7-9-29-13-20(21)26-14-25-22-18-6-2-1-5-17(18)16(11-19(22)23(26)28)10-15-4-3-8-24-12-15/h1-6,8,11-12,14,20-21,27H,7,9-10,13H2/t20-,21?/m0/s1. The quantitative estimate of drug-likeness (QED) is 0.547. The molecule has 0 radical (unpaired) electrons. The van der Waals surface area contributed by atoms with E-state index in [-0.39, 0.29) is 5.56 Å². The third-order valence-corrected chi connectivity index (χ3v) is 5.64. The average molecular weight is 387 g/mol. The van der Waals surface area contributed by atoms with Crippen molar-refractivity contribution >= 4 is 21.7 Å². The van der Waals surface area contributed by atoms with E-state index in [0.29, 0.717) is 37.0 Å². The van der Waals surface area contributed by atoms with Crippen molar-refractivity contribution in [1.29, 1.82) is 0 Å². The Morgan fingerprint density at radius 3 is 2.79 bits per heavy atom. The fourth-order valence-corrected chi connectivity index (χ4v) is 4.13. The molecule has 1 aliphatic heterocycles. The zero-order valence-corrected chi connectivity index (χ0v) is 15.9. The Bertz CT molecular complexity index is 1240. The fourth-order valence-electron chi connectivity index (χ4n) is 4.13. The van der Waals surface area contributed by atoms with Gasteiger partial charge in [-0.1, -0.05) is 30.3 Å². The van der Waals surface area contributed by atoms with Gasteiger partial charge < -0.3 is 9.84 Å². The lowest BCUT2D eigenvalue weighted by Crippen LogP contribution is -2.39. The highest BCUT2D eigenvalue weighted by atomic mass is 16.5. The minimum atomic E-state index is -0.615. The summed E-state index contributed by atoms with van der Waals surface area (Å²) in [6.45, 7) is 0.817. The van der Waals surface area contributed by atoms with Crippen molar-refractivity contribution in [3.63, 3.8) is 0 Å². The number of fused-ring (bicyclic) bond motifs is 3. The Morgan fingerprint density at radius 1 is 1.14 bits per heavy atom. The maximum Gasteiger partial charge on any atom is 0.261 e. The summed E-state index contributed by atoms with van der Waals surface area (Å²) in [6, 6.07) is 13.5. The van der Waals surface area contributed by atoms with E-state index in [1.165, 1.54) is 4.57 Å². The molecule has 6 nitrogen and oxygen atoms in total. The van der Waals surface area contributed by atoms with Crippen LogP contribution in [0.4, 0.5) is 0 Å². The Hall–Kier alpha value is -3.09. The molecule has 1 fully saturated rings. The monoisotopic (exact) mass is 387 g/mol. The number of ether oxygens (including phenoxy) is 1. The van der Waals surface area contributed by atoms with Gasteiger partial charge in [-0.05, 0) is 41.5 Å². The maximum atomic E-state index is 13.4. The molecule has 0 bridgehead atoms. The lowest BCUT2D eigenvalue weighted by molar-refractivity contribution is -0.0303. The summed E-state index contributed by atoms with van der Waals surface area (Å²) < 4.78 is 7.02. The van der Waals surface area contributed by atoms with Crippen molar-refractivity contribution < 1.29 is 9.84 Å². The van der Waals surface area contributed by atoms with E-state index in [4.69, 9.17) is 4.74 Å². The van der Waals surface area contributed by atoms with Crippen LogP contribution < -0.4 is 5.56 Å². The number of nitrogens with zero attached hydrogens (tertiary/aromatic N) is 3. The van der Waals surface area contributed by atoms with Crippen LogP contribution in [0.3, 0.4) is 0 Å². The molecule has 2 aromatic carbocycles. The number of aromatic nitrogens is 3. The predicted octanol–water partition coefficient (Wildman–Crippen LogP) is 2.86. The normalized spacial score (nSPS) is 19.6. The van der Waals surface area contributed by atoms with Crippen LogP contribution in [0.5, 0.6) is 0 Å². The van der Waals surface area contributed by atoms with Crippen LogP contribution in [0.25, 0.3) is 21.7 Å². The second-order valence-corrected chi connectivity index (χ2v) is 7.47. The molecule has 146 valence electrons. The molecule has 0 aliphatic carbocycles. The van der Waals surface area contributed by atoms with Crippen LogP contribution in [0.15, 0.2) is 66.0 Å². The van der Waals surface area contributed by atoms with E-state index in [1.807, 2.05) is 42.6 Å². The molecule has 1 saturated heterocycles. The van der Waals surface area contributed by atoms with Gasteiger partial charge in [0.1, 0.15) is 0 Å². The predicted molar refractivity (Wildman–Crippen MR) is 111 cm³/mol. The number of hydrogen-bond acceptors (Lipinski definition) is 5. The second-order valence-electron chi connectivity index (χ2n) is 7.47. The van der Waals surface area contributed by atoms with Gasteiger partial charge in [-0.25, -0.2) is 4.98 Å². The Morgan fingerprint density at radius 2 is 2.00 bits per heavy atom. The molecule has 4 aromatic rings. The summed E-state index contributed by atoms with van der Waals surface area (Å²) in [4.78, 5) is 22.2. The van der Waals surface area contributed by atoms with Crippen LogP contribution in [-0.4, -0.2) is 39.0 Å². The topological polar surface area (TPSA) is 77.2 Å². The Balaban J connectivity index is 1.72. The summed E-state index contributed by atoms with van der Waals surface area (Å²) >= 11 is 0. The molecular formula is C23H21N3O3. The van der Waals surface area contributed by atoms with Gasteiger partial charge in [-0.3, -0.25) is 14.3 Å². The molecule has 29 heavy (non-hydrogen) atoms. The zero-order chi connectivity index (χ0) is 19.8. The van der Waals surface area contributed by atoms with E-state index in [2.05, 4.69) is 16.0 Å². The summed E-state index contributed by atoms with van der Waals surface area (Å²) in [7, 11) is 0. The summed E-state index contributed by atoms with van der Waals surface area (Å²) in [5, 5.41) is 13.0. The molecule has 5 rings (SSSR count). The van der Waals surface area contributed by atoms with Crippen LogP contribution >= 0.6 is 0 Å². The van der Waals surface area contributed by atoms with Gasteiger partial charge in [-0.15, -0.1) is 0 Å². The first kappa shape index (κ1) is 18.0. The third-order valence-electron chi connectivity index (χ3n) is 5.64. The highest BCUT2D eigenvalue weighted by molar-refractivity contribution is 6.06. The first-order valence-corrected chi connectivity index (χ1v) is 9.78. The number of aliphatic hydroxyl groups excluding tert-OH is 1. The number of benzene rings is 2. The minimum absolute atomic E-state index is 0.150. The summed E-state index contributed by atoms with van der Waals surface area (Å²) in [5.41, 5.74) is 2.67. The molecular weight excluding hydrogens is 366 g/mol. The van der Waals surface area contributed by atoms with E-state index < -0.39 is 12.1 Å². The fraction of sp³-hybridized carbons (Fsp3) is 0.261. The zero-order valence-electron chi connectivity index (χ0n) is 15.9. The molecule has 1 aliphatic rings. The molecule has 0 saturated carbocycles. The Labute approximate surface area is 167 Å². The molecule has 2 atom stereocenters. The lowest BCUT2D eigenvalue weighted by Gasteiger charge is -2.29. The second kappa shape index (κ2) is 7.39. The number of pyridine rings is 1. The molecule has 0 spiro atoms. The number of rotatable bonds is 3. The maximum absolute atomic E-state index is 13.4. The smallest absolute Gasteiger partial charge is 0.261 e. The van der Waals surface area contributed by atoms with Crippen molar-refractivity contribution in [3.8, 4) is 0 Å². The molecule has 2 aromatic heterocycles. The van der Waals surface area contributed by atoms with Crippen LogP contribution in [-0.2, 0) is 11.2 Å². The molecule has 0 amide bonds. The van der Waals surface area contributed by atoms with Gasteiger partial charge in [-0.2, -0.15) is 0 Å². The number of aliphatic hydroxyl groups is 1. The summed E-state index contributed by atoms with van der Waals surface area (Å²) in [5.74, 6) is 0. The number of hydrogen-bond donors (Lipinski definition) is 1.